The van der Waals surface area contributed by atoms with Crippen LogP contribution in [0.15, 0.2) is 59.1 Å². The van der Waals surface area contributed by atoms with Gasteiger partial charge in [0, 0.05) is 5.56 Å². The summed E-state index contributed by atoms with van der Waals surface area (Å²) in [7, 11) is 0. The van der Waals surface area contributed by atoms with Crippen LogP contribution in [0.4, 0.5) is 5.82 Å². The Morgan fingerprint density at radius 1 is 1.00 bits per heavy atom. The lowest BCUT2D eigenvalue weighted by Gasteiger charge is -2.05. The molecule has 2 N–H and O–H groups in total. The number of nitrogens with two attached hydrogens (primary N) is 1. The number of rotatable bonds is 4. The third-order valence-electron chi connectivity index (χ3n) is 3.21. The topological polar surface area (TPSA) is 61.3 Å². The van der Waals surface area contributed by atoms with Crippen molar-refractivity contribution in [2.45, 2.75) is 6.92 Å². The monoisotopic (exact) mass is 280 g/mol. The summed E-state index contributed by atoms with van der Waals surface area (Å²) in [5.74, 6) is 1.90. The molecule has 4 heteroatoms. The first-order chi connectivity index (χ1) is 10.3. The molecule has 0 saturated carbocycles. The molecule has 0 radical (unpaired) electrons. The van der Waals surface area contributed by atoms with Gasteiger partial charge >= 0.3 is 0 Å². The normalized spacial score (nSPS) is 10.5. The molecule has 0 fully saturated rings. The van der Waals surface area contributed by atoms with E-state index in [1.54, 1.807) is 0 Å². The second-order valence-corrected chi connectivity index (χ2v) is 4.60. The van der Waals surface area contributed by atoms with Crippen LogP contribution in [-0.2, 0) is 0 Å². The van der Waals surface area contributed by atoms with Crippen molar-refractivity contribution < 1.29 is 9.26 Å². The van der Waals surface area contributed by atoms with E-state index in [4.69, 9.17) is 15.0 Å². The predicted octanol–water partition coefficient (Wildman–Crippen LogP) is 3.99. The number of hydrogen-bond acceptors (Lipinski definition) is 4. The molecule has 2 aromatic carbocycles. The summed E-state index contributed by atoms with van der Waals surface area (Å²) >= 11 is 0. The van der Waals surface area contributed by atoms with Crippen molar-refractivity contribution in [1.29, 1.82) is 0 Å². The summed E-state index contributed by atoms with van der Waals surface area (Å²) in [4.78, 5) is 0. The fourth-order valence-corrected chi connectivity index (χ4v) is 2.25. The van der Waals surface area contributed by atoms with Gasteiger partial charge in [-0.15, -0.1) is 0 Å². The summed E-state index contributed by atoms with van der Waals surface area (Å²) < 4.78 is 10.9. The van der Waals surface area contributed by atoms with Crippen molar-refractivity contribution in [2.24, 2.45) is 0 Å². The lowest BCUT2D eigenvalue weighted by molar-refractivity contribution is 0.340. The zero-order valence-corrected chi connectivity index (χ0v) is 11.7. The maximum absolute atomic E-state index is 5.97. The maximum atomic E-state index is 5.97. The third kappa shape index (κ3) is 2.60. The van der Waals surface area contributed by atoms with E-state index in [0.717, 1.165) is 22.4 Å². The predicted molar refractivity (Wildman–Crippen MR) is 83.0 cm³/mol. The number of ether oxygens (including phenoxy) is 1. The van der Waals surface area contributed by atoms with Crippen molar-refractivity contribution in [3.05, 3.63) is 54.6 Å². The lowest BCUT2D eigenvalue weighted by Crippen LogP contribution is -1.92. The van der Waals surface area contributed by atoms with E-state index in [-0.39, 0.29) is 0 Å². The fraction of sp³-hybridized carbons (Fsp3) is 0.118. The van der Waals surface area contributed by atoms with Gasteiger partial charge in [0.2, 0.25) is 0 Å². The number of hydrogen-bond donors (Lipinski definition) is 1. The van der Waals surface area contributed by atoms with Crippen LogP contribution in [0.5, 0.6) is 5.75 Å². The van der Waals surface area contributed by atoms with Crippen LogP contribution in [0.1, 0.15) is 6.92 Å². The van der Waals surface area contributed by atoms with Crippen molar-refractivity contribution in [1.82, 2.24) is 5.16 Å². The second-order valence-electron chi connectivity index (χ2n) is 4.60. The highest BCUT2D eigenvalue weighted by molar-refractivity contribution is 5.86. The first-order valence-electron chi connectivity index (χ1n) is 6.83. The minimum absolute atomic E-state index is 0.387. The Kier molecular flexibility index (Phi) is 3.60. The van der Waals surface area contributed by atoms with Crippen LogP contribution < -0.4 is 10.5 Å². The SMILES string of the molecule is CCOc1ccc(-c2c(N)noc2-c2ccccc2)cc1. The van der Waals surface area contributed by atoms with E-state index < -0.39 is 0 Å². The molecule has 21 heavy (non-hydrogen) atoms. The molecule has 1 aromatic heterocycles. The van der Waals surface area contributed by atoms with Gasteiger partial charge in [0.25, 0.3) is 0 Å². The van der Waals surface area contributed by atoms with Gasteiger partial charge in [-0.2, -0.15) is 0 Å². The van der Waals surface area contributed by atoms with Gasteiger partial charge < -0.3 is 15.0 Å². The van der Waals surface area contributed by atoms with E-state index in [1.807, 2.05) is 61.5 Å². The van der Waals surface area contributed by atoms with Gasteiger partial charge in [0.05, 0.1) is 12.2 Å². The Labute approximate surface area is 123 Å². The first kappa shape index (κ1) is 13.2. The smallest absolute Gasteiger partial charge is 0.176 e. The molecule has 0 aliphatic carbocycles. The standard InChI is InChI=1S/C17H16N2O2/c1-2-20-14-10-8-12(9-11-14)15-16(21-19-17(15)18)13-6-4-3-5-7-13/h3-11H,2H2,1H3,(H2,18,19). The molecule has 0 atom stereocenters. The van der Waals surface area contributed by atoms with Crippen LogP contribution in [0, 0.1) is 0 Å². The van der Waals surface area contributed by atoms with E-state index in [0.29, 0.717) is 18.2 Å². The highest BCUT2D eigenvalue weighted by atomic mass is 16.5. The molecule has 3 aromatic rings. The maximum Gasteiger partial charge on any atom is 0.176 e. The number of nitrogen functional groups attached to an aromatic ring is 1. The Morgan fingerprint density at radius 2 is 1.71 bits per heavy atom. The van der Waals surface area contributed by atoms with Crippen LogP contribution in [0.2, 0.25) is 0 Å². The van der Waals surface area contributed by atoms with Gasteiger partial charge in [-0.3, -0.25) is 0 Å². The first-order valence-corrected chi connectivity index (χ1v) is 6.83. The number of anilines is 1. The van der Waals surface area contributed by atoms with E-state index >= 15 is 0 Å². The minimum Gasteiger partial charge on any atom is -0.494 e. The molecular formula is C17H16N2O2. The quantitative estimate of drug-likeness (QED) is 0.785. The average molecular weight is 280 g/mol. The molecule has 3 rings (SSSR count). The number of nitrogens with zero attached hydrogens (tertiary/aromatic N) is 1. The van der Waals surface area contributed by atoms with Gasteiger partial charge in [0.1, 0.15) is 5.75 Å². The van der Waals surface area contributed by atoms with Crippen LogP contribution in [0.25, 0.3) is 22.5 Å². The van der Waals surface area contributed by atoms with E-state index in [1.165, 1.54) is 0 Å². The Morgan fingerprint density at radius 3 is 2.38 bits per heavy atom. The van der Waals surface area contributed by atoms with Crippen molar-refractivity contribution in [2.75, 3.05) is 12.3 Å². The number of benzene rings is 2. The summed E-state index contributed by atoms with van der Waals surface area (Å²) in [6.07, 6.45) is 0. The molecule has 0 aliphatic rings. The Hall–Kier alpha value is -2.75. The molecule has 1 heterocycles. The number of aromatic nitrogens is 1. The molecule has 4 nitrogen and oxygen atoms in total. The lowest BCUT2D eigenvalue weighted by atomic mass is 10.0. The highest BCUT2D eigenvalue weighted by Gasteiger charge is 2.17. The van der Waals surface area contributed by atoms with Crippen LogP contribution >= 0.6 is 0 Å². The average Bonchev–Trinajstić information content (AvgIpc) is 2.91. The largest absolute Gasteiger partial charge is 0.494 e. The molecule has 0 spiro atoms. The summed E-state index contributed by atoms with van der Waals surface area (Å²) in [5.41, 5.74) is 8.69. The zero-order valence-electron chi connectivity index (χ0n) is 11.7. The Bertz CT molecular complexity index is 718. The molecule has 0 aliphatic heterocycles. The van der Waals surface area contributed by atoms with Gasteiger partial charge in [-0.25, -0.2) is 0 Å². The van der Waals surface area contributed by atoms with E-state index in [9.17, 15) is 0 Å². The fourth-order valence-electron chi connectivity index (χ4n) is 2.25. The third-order valence-corrected chi connectivity index (χ3v) is 3.21. The van der Waals surface area contributed by atoms with Crippen molar-refractivity contribution in [3.63, 3.8) is 0 Å². The molecule has 0 bridgehead atoms. The minimum atomic E-state index is 0.387. The molecule has 0 saturated heterocycles. The van der Waals surface area contributed by atoms with E-state index in [2.05, 4.69) is 5.16 Å². The van der Waals surface area contributed by atoms with Gasteiger partial charge in [-0.05, 0) is 24.6 Å². The Balaban J connectivity index is 2.04. The van der Waals surface area contributed by atoms with Gasteiger partial charge in [0.15, 0.2) is 11.6 Å². The summed E-state index contributed by atoms with van der Waals surface area (Å²) in [5, 5.41) is 3.90. The zero-order chi connectivity index (χ0) is 14.7. The molecule has 0 amide bonds. The van der Waals surface area contributed by atoms with Gasteiger partial charge in [-0.1, -0.05) is 47.6 Å². The molecular weight excluding hydrogens is 264 g/mol. The summed E-state index contributed by atoms with van der Waals surface area (Å²) in [6, 6.07) is 17.6. The van der Waals surface area contributed by atoms with Crippen molar-refractivity contribution >= 4 is 5.82 Å². The molecule has 106 valence electrons. The summed E-state index contributed by atoms with van der Waals surface area (Å²) in [6.45, 7) is 2.60. The van der Waals surface area contributed by atoms with Crippen molar-refractivity contribution in [3.8, 4) is 28.2 Å². The van der Waals surface area contributed by atoms with Crippen LogP contribution in [-0.4, -0.2) is 11.8 Å². The highest BCUT2D eigenvalue weighted by Crippen LogP contribution is 2.36. The molecule has 0 unspecified atom stereocenters. The van der Waals surface area contributed by atoms with Crippen LogP contribution in [0.3, 0.4) is 0 Å². The second kappa shape index (κ2) is 5.71.